The second-order valence-electron chi connectivity index (χ2n) is 5.16. The third-order valence-electron chi connectivity index (χ3n) is 3.49. The SMILES string of the molecule is C1CCC(OC2CCCCC2)CC1.[CH3][Sn][CH3]. The summed E-state index contributed by atoms with van der Waals surface area (Å²) in [5, 5.41) is 0. The number of hydrogen-bond donors (Lipinski definition) is 0. The molecule has 16 heavy (non-hydrogen) atoms. The van der Waals surface area contributed by atoms with Crippen LogP contribution >= 0.6 is 0 Å². The van der Waals surface area contributed by atoms with E-state index in [9.17, 15) is 0 Å². The van der Waals surface area contributed by atoms with Gasteiger partial charge in [0.25, 0.3) is 0 Å². The molecule has 2 rings (SSSR count). The van der Waals surface area contributed by atoms with E-state index in [2.05, 4.69) is 9.88 Å². The van der Waals surface area contributed by atoms with E-state index < -0.39 is 0 Å². The molecule has 1 nitrogen and oxygen atoms in total. The molecule has 0 amide bonds. The molecule has 0 unspecified atom stereocenters. The fraction of sp³-hybridized carbons (Fsp3) is 1.00. The third kappa shape index (κ3) is 6.48. The van der Waals surface area contributed by atoms with Crippen molar-refractivity contribution in [1.82, 2.24) is 0 Å². The minimum absolute atomic E-state index is 0.230. The van der Waals surface area contributed by atoms with Crippen LogP contribution < -0.4 is 0 Å². The zero-order valence-corrected chi connectivity index (χ0v) is 14.0. The average Bonchev–Trinajstić information content (AvgIpc) is 2.33. The van der Waals surface area contributed by atoms with Crippen LogP contribution in [0.15, 0.2) is 0 Å². The fourth-order valence-electron chi connectivity index (χ4n) is 2.67. The summed E-state index contributed by atoms with van der Waals surface area (Å²) >= 11 is 0.230. The van der Waals surface area contributed by atoms with Gasteiger partial charge in [-0.15, -0.1) is 0 Å². The van der Waals surface area contributed by atoms with Crippen molar-refractivity contribution >= 4 is 21.1 Å². The molecule has 0 aromatic carbocycles. The van der Waals surface area contributed by atoms with Crippen molar-refractivity contribution in [3.05, 3.63) is 0 Å². The predicted octanol–water partition coefficient (Wildman–Crippen LogP) is 4.46. The van der Waals surface area contributed by atoms with E-state index in [1.807, 2.05) is 0 Å². The molecule has 2 fully saturated rings. The van der Waals surface area contributed by atoms with E-state index in [1.165, 1.54) is 64.2 Å². The molecule has 2 heteroatoms. The molecule has 2 saturated carbocycles. The van der Waals surface area contributed by atoms with Crippen molar-refractivity contribution in [1.29, 1.82) is 0 Å². The number of hydrogen-bond acceptors (Lipinski definition) is 1. The Labute approximate surface area is 112 Å². The van der Waals surface area contributed by atoms with E-state index in [4.69, 9.17) is 4.74 Å². The molecule has 0 N–H and O–H groups in total. The Morgan fingerprint density at radius 1 is 0.688 bits per heavy atom. The predicted molar refractivity (Wildman–Crippen MR) is 72.3 cm³/mol. The van der Waals surface area contributed by atoms with Crippen molar-refractivity contribution in [3.8, 4) is 0 Å². The second kappa shape index (κ2) is 9.75. The summed E-state index contributed by atoms with van der Waals surface area (Å²) in [7, 11) is 0. The van der Waals surface area contributed by atoms with Gasteiger partial charge in [0.05, 0.1) is 12.2 Å². The van der Waals surface area contributed by atoms with Gasteiger partial charge in [0, 0.05) is 0 Å². The Morgan fingerprint density at radius 3 is 1.31 bits per heavy atom. The Hall–Kier alpha value is 0.759. The Kier molecular flexibility index (Phi) is 9.03. The van der Waals surface area contributed by atoms with E-state index in [-0.39, 0.29) is 21.1 Å². The van der Waals surface area contributed by atoms with Gasteiger partial charge in [-0.3, -0.25) is 0 Å². The van der Waals surface area contributed by atoms with Crippen LogP contribution in [0.25, 0.3) is 0 Å². The zero-order chi connectivity index (χ0) is 11.6. The Bertz CT molecular complexity index is 133. The van der Waals surface area contributed by atoms with Crippen LogP contribution in [0, 0.1) is 0 Å². The van der Waals surface area contributed by atoms with Crippen LogP contribution in [0.5, 0.6) is 0 Å². The standard InChI is InChI=1S/C12H22O.2CH3.Sn/c1-3-7-11(8-4-1)13-12-9-5-2-6-10-12;;;/h11-12H,1-10H2;2*1H3;. The second-order valence-corrected chi connectivity index (χ2v) is 8.01. The molecular formula is C14H28OSn. The third-order valence-corrected chi connectivity index (χ3v) is 3.49. The summed E-state index contributed by atoms with van der Waals surface area (Å²) in [6, 6.07) is 0. The van der Waals surface area contributed by atoms with Gasteiger partial charge in [-0.2, -0.15) is 0 Å². The fourth-order valence-corrected chi connectivity index (χ4v) is 2.67. The zero-order valence-electron chi connectivity index (χ0n) is 11.1. The monoisotopic (exact) mass is 332 g/mol. The number of rotatable bonds is 2. The van der Waals surface area contributed by atoms with Gasteiger partial charge in [-0.25, -0.2) is 0 Å². The molecule has 2 aliphatic rings. The molecule has 0 spiro atoms. The van der Waals surface area contributed by atoms with E-state index in [1.54, 1.807) is 0 Å². The van der Waals surface area contributed by atoms with Crippen molar-refractivity contribution in [2.45, 2.75) is 86.3 Å². The molecule has 0 aliphatic heterocycles. The summed E-state index contributed by atoms with van der Waals surface area (Å²) in [6.07, 6.45) is 15.0. The minimum atomic E-state index is 0.230. The van der Waals surface area contributed by atoms with Gasteiger partial charge in [-0.05, 0) is 25.7 Å². The first kappa shape index (κ1) is 14.8. The van der Waals surface area contributed by atoms with Gasteiger partial charge in [0.15, 0.2) is 0 Å². The first-order valence-corrected chi connectivity index (χ1v) is 12.8. The van der Waals surface area contributed by atoms with Gasteiger partial charge in [-0.1, -0.05) is 38.5 Å². The molecule has 0 aromatic rings. The molecule has 94 valence electrons. The first-order valence-electron chi connectivity index (χ1n) is 7.10. The molecule has 2 radical (unpaired) electrons. The van der Waals surface area contributed by atoms with Gasteiger partial charge in [0.2, 0.25) is 0 Å². The van der Waals surface area contributed by atoms with E-state index in [0.29, 0.717) is 12.2 Å². The molecule has 0 heterocycles. The molecule has 0 bridgehead atoms. The molecule has 0 atom stereocenters. The Balaban J connectivity index is 0.000000386. The quantitative estimate of drug-likeness (QED) is 0.679. The normalized spacial score (nSPS) is 23.6. The maximum atomic E-state index is 6.13. The maximum absolute atomic E-state index is 6.13. The Morgan fingerprint density at radius 2 is 1.00 bits per heavy atom. The molecular weight excluding hydrogens is 303 g/mol. The van der Waals surface area contributed by atoms with Crippen LogP contribution in [-0.4, -0.2) is 33.4 Å². The summed E-state index contributed by atoms with van der Waals surface area (Å²) in [5.74, 6) is 0. The van der Waals surface area contributed by atoms with Gasteiger partial charge < -0.3 is 4.74 Å². The summed E-state index contributed by atoms with van der Waals surface area (Å²) in [5.41, 5.74) is 0. The molecule has 2 aliphatic carbocycles. The van der Waals surface area contributed by atoms with Crippen LogP contribution in [0.1, 0.15) is 64.2 Å². The van der Waals surface area contributed by atoms with Crippen molar-refractivity contribution in [2.24, 2.45) is 0 Å². The molecule has 0 aromatic heterocycles. The van der Waals surface area contributed by atoms with Gasteiger partial charge >= 0.3 is 31.0 Å². The summed E-state index contributed by atoms with van der Waals surface area (Å²) in [6.45, 7) is 0. The molecule has 0 saturated heterocycles. The van der Waals surface area contributed by atoms with E-state index in [0.717, 1.165) is 0 Å². The van der Waals surface area contributed by atoms with Crippen LogP contribution in [0.2, 0.25) is 9.88 Å². The van der Waals surface area contributed by atoms with E-state index >= 15 is 0 Å². The van der Waals surface area contributed by atoms with Crippen LogP contribution in [0.3, 0.4) is 0 Å². The van der Waals surface area contributed by atoms with Crippen molar-refractivity contribution in [3.63, 3.8) is 0 Å². The summed E-state index contributed by atoms with van der Waals surface area (Å²) in [4.78, 5) is 4.59. The van der Waals surface area contributed by atoms with Crippen LogP contribution in [-0.2, 0) is 4.74 Å². The topological polar surface area (TPSA) is 9.23 Å². The summed E-state index contributed by atoms with van der Waals surface area (Å²) < 4.78 is 6.13. The van der Waals surface area contributed by atoms with Crippen molar-refractivity contribution < 1.29 is 4.74 Å². The first-order chi connectivity index (χ1) is 7.86. The van der Waals surface area contributed by atoms with Gasteiger partial charge in [0.1, 0.15) is 0 Å². The number of ether oxygens (including phenoxy) is 1. The van der Waals surface area contributed by atoms with Crippen molar-refractivity contribution in [2.75, 3.05) is 0 Å². The van der Waals surface area contributed by atoms with Crippen LogP contribution in [0.4, 0.5) is 0 Å². The average molecular weight is 331 g/mol.